The van der Waals surface area contributed by atoms with Gasteiger partial charge >= 0.3 is 0 Å². The van der Waals surface area contributed by atoms with Crippen LogP contribution in [0.2, 0.25) is 0 Å². The first kappa shape index (κ1) is 16.2. The molecule has 1 atom stereocenters. The molecule has 5 nitrogen and oxygen atoms in total. The molecular formula is C18H14BrN3O2. The first-order chi connectivity index (χ1) is 11.6. The number of nitriles is 1. The largest absolute Gasteiger partial charge is 0.325 e. The summed E-state index contributed by atoms with van der Waals surface area (Å²) in [5.41, 5.74) is 1.63. The van der Waals surface area contributed by atoms with Gasteiger partial charge in [-0.1, -0.05) is 24.3 Å². The lowest BCUT2D eigenvalue weighted by Gasteiger charge is -2.18. The van der Waals surface area contributed by atoms with Gasteiger partial charge in [-0.05, 0) is 40.2 Å². The van der Waals surface area contributed by atoms with Gasteiger partial charge in [0.05, 0.1) is 22.9 Å². The quantitative estimate of drug-likeness (QED) is 0.883. The Bertz CT molecular complexity index is 844. The monoisotopic (exact) mass is 383 g/mol. The molecular weight excluding hydrogens is 370 g/mol. The van der Waals surface area contributed by atoms with Gasteiger partial charge in [0.2, 0.25) is 11.8 Å². The Labute approximate surface area is 148 Å². The predicted molar refractivity (Wildman–Crippen MR) is 94.4 cm³/mol. The van der Waals surface area contributed by atoms with Crippen LogP contribution in [0.25, 0.3) is 0 Å². The van der Waals surface area contributed by atoms with Crippen LogP contribution in [0, 0.1) is 17.2 Å². The summed E-state index contributed by atoms with van der Waals surface area (Å²) in [4.78, 5) is 26.4. The van der Waals surface area contributed by atoms with E-state index in [4.69, 9.17) is 5.26 Å². The van der Waals surface area contributed by atoms with Crippen molar-refractivity contribution < 1.29 is 9.59 Å². The summed E-state index contributed by atoms with van der Waals surface area (Å²) < 4.78 is 0.814. The maximum atomic E-state index is 12.5. The summed E-state index contributed by atoms with van der Waals surface area (Å²) in [6.45, 7) is 0.321. The minimum Gasteiger partial charge on any atom is -0.325 e. The highest BCUT2D eigenvalue weighted by Gasteiger charge is 2.35. The Hall–Kier alpha value is -2.65. The van der Waals surface area contributed by atoms with Gasteiger partial charge in [-0.2, -0.15) is 5.26 Å². The summed E-state index contributed by atoms with van der Waals surface area (Å²) in [6, 6.07) is 16.3. The zero-order valence-corrected chi connectivity index (χ0v) is 14.3. The lowest BCUT2D eigenvalue weighted by molar-refractivity contribution is -0.122. The fourth-order valence-corrected chi connectivity index (χ4v) is 3.21. The van der Waals surface area contributed by atoms with Crippen LogP contribution in [0.5, 0.6) is 0 Å². The number of hydrogen-bond donors (Lipinski definition) is 1. The molecule has 0 saturated carbocycles. The molecule has 0 radical (unpaired) electrons. The van der Waals surface area contributed by atoms with E-state index in [-0.39, 0.29) is 18.2 Å². The van der Waals surface area contributed by atoms with Crippen molar-refractivity contribution in [3.05, 3.63) is 58.6 Å². The van der Waals surface area contributed by atoms with Crippen molar-refractivity contribution in [1.29, 1.82) is 5.26 Å². The second-order valence-corrected chi connectivity index (χ2v) is 6.36. The third kappa shape index (κ3) is 3.17. The molecule has 3 rings (SSSR count). The lowest BCUT2D eigenvalue weighted by atomic mass is 10.1. The highest BCUT2D eigenvalue weighted by molar-refractivity contribution is 9.10. The molecule has 6 heteroatoms. The van der Waals surface area contributed by atoms with Crippen LogP contribution in [-0.4, -0.2) is 18.4 Å². The second-order valence-electron chi connectivity index (χ2n) is 5.50. The van der Waals surface area contributed by atoms with Crippen LogP contribution in [0.4, 0.5) is 11.4 Å². The SMILES string of the molecule is N#Cc1ccccc1NC(=O)C1CC(=O)N(c2ccccc2Br)C1. The number of benzene rings is 2. The van der Waals surface area contributed by atoms with Gasteiger partial charge in [0, 0.05) is 17.4 Å². The molecule has 1 N–H and O–H groups in total. The summed E-state index contributed by atoms with van der Waals surface area (Å²) in [5, 5.41) is 11.8. The molecule has 2 aromatic carbocycles. The number of halogens is 1. The fourth-order valence-electron chi connectivity index (χ4n) is 2.71. The summed E-state index contributed by atoms with van der Waals surface area (Å²) >= 11 is 3.43. The van der Waals surface area contributed by atoms with Crippen LogP contribution in [0.1, 0.15) is 12.0 Å². The van der Waals surface area contributed by atoms with Crippen LogP contribution in [0.3, 0.4) is 0 Å². The molecule has 1 heterocycles. The molecule has 1 fully saturated rings. The van der Waals surface area contributed by atoms with Crippen molar-refractivity contribution in [3.63, 3.8) is 0 Å². The maximum absolute atomic E-state index is 12.5. The van der Waals surface area contributed by atoms with Gasteiger partial charge in [0.1, 0.15) is 6.07 Å². The third-order valence-electron chi connectivity index (χ3n) is 3.94. The highest BCUT2D eigenvalue weighted by Crippen LogP contribution is 2.31. The first-order valence-electron chi connectivity index (χ1n) is 7.45. The number of nitrogens with one attached hydrogen (secondary N) is 1. The van der Waals surface area contributed by atoms with Crippen molar-refractivity contribution >= 4 is 39.1 Å². The molecule has 1 aliphatic heterocycles. The normalized spacial score (nSPS) is 16.8. The zero-order valence-electron chi connectivity index (χ0n) is 12.7. The van der Waals surface area contributed by atoms with E-state index < -0.39 is 5.92 Å². The van der Waals surface area contributed by atoms with Gasteiger partial charge in [-0.15, -0.1) is 0 Å². The minimum atomic E-state index is -0.448. The number of para-hydroxylation sites is 2. The van der Waals surface area contributed by atoms with Crippen molar-refractivity contribution in [1.82, 2.24) is 0 Å². The summed E-state index contributed by atoms with van der Waals surface area (Å²) in [7, 11) is 0. The maximum Gasteiger partial charge on any atom is 0.229 e. The van der Waals surface area contributed by atoms with Crippen LogP contribution < -0.4 is 10.2 Å². The molecule has 2 aromatic rings. The van der Waals surface area contributed by atoms with E-state index in [0.29, 0.717) is 17.8 Å². The standard InChI is InChI=1S/C18H14BrN3O2/c19-14-6-2-4-8-16(14)22-11-13(9-17(22)23)18(24)21-15-7-3-1-5-12(15)10-20/h1-8,13H,9,11H2,(H,21,24). The van der Waals surface area contributed by atoms with E-state index in [1.54, 1.807) is 29.2 Å². The van der Waals surface area contributed by atoms with Gasteiger partial charge in [-0.25, -0.2) is 0 Å². The number of amides is 2. The van der Waals surface area contributed by atoms with E-state index in [2.05, 4.69) is 21.2 Å². The van der Waals surface area contributed by atoms with Crippen molar-refractivity contribution in [3.8, 4) is 6.07 Å². The second kappa shape index (κ2) is 6.85. The van der Waals surface area contributed by atoms with E-state index in [9.17, 15) is 9.59 Å². The van der Waals surface area contributed by atoms with Crippen LogP contribution in [0.15, 0.2) is 53.0 Å². The van der Waals surface area contributed by atoms with Crippen molar-refractivity contribution in [2.75, 3.05) is 16.8 Å². The minimum absolute atomic E-state index is 0.0874. The molecule has 0 aromatic heterocycles. The average Bonchev–Trinajstić information content (AvgIpc) is 2.97. The van der Waals surface area contributed by atoms with E-state index in [1.807, 2.05) is 30.3 Å². The smallest absolute Gasteiger partial charge is 0.229 e. The van der Waals surface area contributed by atoms with Gasteiger partial charge in [0.15, 0.2) is 0 Å². The Balaban J connectivity index is 1.75. The molecule has 120 valence electrons. The first-order valence-corrected chi connectivity index (χ1v) is 8.24. The Morgan fingerprint density at radius 1 is 1.21 bits per heavy atom. The van der Waals surface area contributed by atoms with Gasteiger partial charge in [-0.3, -0.25) is 9.59 Å². The fraction of sp³-hybridized carbons (Fsp3) is 0.167. The number of anilines is 2. The van der Waals surface area contributed by atoms with Crippen molar-refractivity contribution in [2.45, 2.75) is 6.42 Å². The molecule has 0 spiro atoms. The Morgan fingerprint density at radius 3 is 2.67 bits per heavy atom. The summed E-state index contributed by atoms with van der Waals surface area (Å²) in [6.07, 6.45) is 0.155. The zero-order chi connectivity index (χ0) is 17.1. The number of nitrogens with zero attached hydrogens (tertiary/aromatic N) is 2. The predicted octanol–water partition coefficient (Wildman–Crippen LogP) is 3.31. The van der Waals surface area contributed by atoms with Crippen LogP contribution >= 0.6 is 15.9 Å². The topological polar surface area (TPSA) is 73.2 Å². The Kier molecular flexibility index (Phi) is 4.63. The molecule has 1 aliphatic rings. The van der Waals surface area contributed by atoms with E-state index in [0.717, 1.165) is 10.2 Å². The molecule has 24 heavy (non-hydrogen) atoms. The molecule has 1 unspecified atom stereocenters. The van der Waals surface area contributed by atoms with Gasteiger partial charge in [0.25, 0.3) is 0 Å². The highest BCUT2D eigenvalue weighted by atomic mass is 79.9. The molecule has 2 amide bonds. The van der Waals surface area contributed by atoms with Crippen molar-refractivity contribution in [2.24, 2.45) is 5.92 Å². The number of hydrogen-bond acceptors (Lipinski definition) is 3. The molecule has 0 aliphatic carbocycles. The summed E-state index contributed by atoms with van der Waals surface area (Å²) in [5.74, 6) is -0.785. The van der Waals surface area contributed by atoms with Crippen LogP contribution in [-0.2, 0) is 9.59 Å². The number of carbonyl (C=O) groups is 2. The number of rotatable bonds is 3. The third-order valence-corrected chi connectivity index (χ3v) is 4.62. The van der Waals surface area contributed by atoms with E-state index >= 15 is 0 Å². The Morgan fingerprint density at radius 2 is 1.92 bits per heavy atom. The lowest BCUT2D eigenvalue weighted by Crippen LogP contribution is -2.28. The molecule has 0 bridgehead atoms. The average molecular weight is 384 g/mol. The molecule has 1 saturated heterocycles. The van der Waals surface area contributed by atoms with E-state index in [1.165, 1.54) is 0 Å². The number of carbonyl (C=O) groups excluding carboxylic acids is 2. The van der Waals surface area contributed by atoms with Gasteiger partial charge < -0.3 is 10.2 Å².